The van der Waals surface area contributed by atoms with E-state index in [-0.39, 0.29) is 31.2 Å². The lowest BCUT2D eigenvalue weighted by molar-refractivity contribution is -0.153. The smallest absolute Gasteiger partial charge is 0.526 e. The molecule has 1 aromatic rings. The summed E-state index contributed by atoms with van der Waals surface area (Å²) in [6.45, 7) is 5.69. The van der Waals surface area contributed by atoms with Crippen LogP contribution < -0.4 is 15.3 Å². The van der Waals surface area contributed by atoms with Crippen LogP contribution in [-0.2, 0) is 20.8 Å². The number of fused-ring (bicyclic) bond motifs is 1. The fraction of sp³-hybridized carbons (Fsp3) is 0.565. The van der Waals surface area contributed by atoms with Gasteiger partial charge in [-0.3, -0.25) is 19.3 Å². The summed E-state index contributed by atoms with van der Waals surface area (Å²) in [7, 11) is -1.13. The first kappa shape index (κ1) is 24.2. The summed E-state index contributed by atoms with van der Waals surface area (Å²) in [5, 5.41) is 16.5. The number of carbonyl (C=O) groups is 4. The predicted molar refractivity (Wildman–Crippen MR) is 124 cm³/mol. The van der Waals surface area contributed by atoms with Crippen LogP contribution in [0, 0.1) is 12.8 Å². The second-order valence-corrected chi connectivity index (χ2v) is 9.23. The molecule has 182 valence electrons. The van der Waals surface area contributed by atoms with Gasteiger partial charge in [-0.25, -0.2) is 4.79 Å². The molecule has 1 aromatic carbocycles. The zero-order valence-corrected chi connectivity index (χ0v) is 19.6. The van der Waals surface area contributed by atoms with E-state index < -0.39 is 36.8 Å². The van der Waals surface area contributed by atoms with Gasteiger partial charge in [0.1, 0.15) is 5.75 Å². The van der Waals surface area contributed by atoms with Crippen molar-refractivity contribution >= 4 is 30.7 Å². The van der Waals surface area contributed by atoms with Gasteiger partial charge in [-0.1, -0.05) is 18.2 Å². The van der Waals surface area contributed by atoms with Crippen LogP contribution in [0.15, 0.2) is 18.2 Å². The average molecular weight is 470 g/mol. The molecule has 0 radical (unpaired) electrons. The molecule has 2 unspecified atom stereocenters. The molecule has 11 heteroatoms. The Morgan fingerprint density at radius 1 is 1.29 bits per heavy atom. The minimum Gasteiger partial charge on any atom is -0.536 e. The van der Waals surface area contributed by atoms with Crippen molar-refractivity contribution in [1.82, 2.24) is 20.4 Å². The maximum Gasteiger partial charge on any atom is 0.526 e. The number of benzene rings is 1. The molecular formula is C23H31BN4O6. The van der Waals surface area contributed by atoms with Crippen LogP contribution in [0.25, 0.3) is 0 Å². The highest BCUT2D eigenvalue weighted by Gasteiger charge is 2.42. The lowest BCUT2D eigenvalue weighted by Gasteiger charge is -2.34. The van der Waals surface area contributed by atoms with Gasteiger partial charge in [0.05, 0.1) is 6.04 Å². The van der Waals surface area contributed by atoms with Crippen LogP contribution in [0.4, 0.5) is 4.79 Å². The zero-order chi connectivity index (χ0) is 24.4. The number of piperazine rings is 1. The molecule has 3 atom stereocenters. The number of hydrogen-bond donors (Lipinski definition) is 3. The van der Waals surface area contributed by atoms with E-state index in [1.807, 2.05) is 25.1 Å². The van der Waals surface area contributed by atoms with Crippen molar-refractivity contribution < 1.29 is 28.9 Å². The third kappa shape index (κ3) is 4.81. The zero-order valence-electron chi connectivity index (χ0n) is 19.6. The predicted octanol–water partition coefficient (Wildman–Crippen LogP) is 0.118. The number of nitrogens with one attached hydrogen (secondary N) is 2. The molecule has 0 saturated carbocycles. The monoisotopic (exact) mass is 470 g/mol. The van der Waals surface area contributed by atoms with Crippen LogP contribution >= 0.6 is 0 Å². The molecule has 0 spiro atoms. The molecule has 3 aliphatic heterocycles. The van der Waals surface area contributed by atoms with E-state index in [2.05, 4.69) is 10.6 Å². The minimum absolute atomic E-state index is 0.0203. The SMILES string of the molecule is CCN1CCN(C(=O)NC(C(=O)C[C@H]2Cc3cccc(C)c3OB2O)C2CCNC2)C(=O)C1=O. The first-order chi connectivity index (χ1) is 16.3. The van der Waals surface area contributed by atoms with Crippen LogP contribution in [-0.4, -0.2) is 84.3 Å². The summed E-state index contributed by atoms with van der Waals surface area (Å²) < 4.78 is 5.71. The number of aryl methyl sites for hydroxylation is 1. The highest BCUT2D eigenvalue weighted by Crippen LogP contribution is 2.36. The number of rotatable bonds is 6. The highest BCUT2D eigenvalue weighted by atomic mass is 16.5. The lowest BCUT2D eigenvalue weighted by atomic mass is 9.64. The number of Topliss-reactive ketones (excluding diaryl/α,β-unsaturated/α-hetero) is 1. The molecule has 3 heterocycles. The maximum absolute atomic E-state index is 13.4. The molecule has 0 bridgehead atoms. The Kier molecular flexibility index (Phi) is 7.23. The van der Waals surface area contributed by atoms with E-state index in [1.165, 1.54) is 4.90 Å². The van der Waals surface area contributed by atoms with Gasteiger partial charge < -0.3 is 25.2 Å². The Labute approximate surface area is 199 Å². The highest BCUT2D eigenvalue weighted by molar-refractivity contribution is 6.46. The second-order valence-electron chi connectivity index (χ2n) is 9.23. The van der Waals surface area contributed by atoms with Crippen molar-refractivity contribution in [3.8, 4) is 5.75 Å². The largest absolute Gasteiger partial charge is 0.536 e. The maximum atomic E-state index is 13.4. The van der Waals surface area contributed by atoms with Crippen molar-refractivity contribution in [2.75, 3.05) is 32.7 Å². The van der Waals surface area contributed by atoms with E-state index in [0.717, 1.165) is 22.6 Å². The number of carbonyl (C=O) groups excluding carboxylic acids is 4. The summed E-state index contributed by atoms with van der Waals surface area (Å²) in [6, 6.07) is 4.17. The Morgan fingerprint density at radius 3 is 2.79 bits per heavy atom. The van der Waals surface area contributed by atoms with Crippen LogP contribution in [0.5, 0.6) is 5.75 Å². The summed E-state index contributed by atoms with van der Waals surface area (Å²) in [6.07, 6.45) is 1.20. The minimum atomic E-state index is -1.13. The molecule has 3 N–H and O–H groups in total. The van der Waals surface area contributed by atoms with Crippen molar-refractivity contribution in [3.63, 3.8) is 0 Å². The number of imide groups is 1. The van der Waals surface area contributed by atoms with Crippen molar-refractivity contribution in [2.45, 2.75) is 45.0 Å². The number of ketones is 1. The Bertz CT molecular complexity index is 982. The molecule has 2 saturated heterocycles. The lowest BCUT2D eigenvalue weighted by Crippen LogP contribution is -2.60. The summed E-state index contributed by atoms with van der Waals surface area (Å²) in [5.41, 5.74) is 1.86. The number of urea groups is 1. The molecular weight excluding hydrogens is 439 g/mol. The molecule has 4 rings (SSSR count). The number of amides is 4. The van der Waals surface area contributed by atoms with E-state index in [0.29, 0.717) is 31.7 Å². The normalized spacial score (nSPS) is 23.4. The first-order valence-corrected chi connectivity index (χ1v) is 11.9. The Balaban J connectivity index is 1.46. The van der Waals surface area contributed by atoms with Crippen molar-refractivity contribution in [3.05, 3.63) is 29.3 Å². The summed E-state index contributed by atoms with van der Waals surface area (Å²) in [4.78, 5) is 53.3. The standard InChI is InChI=1S/C23H31BN4O6/c1-3-27-9-10-28(22(31)21(27)30)23(32)26-19(16-7-8-25-13-16)18(29)12-17-11-15-6-4-5-14(2)20(15)34-24(17)33/h4-6,16-17,19,25,33H,3,7-13H2,1-2H3,(H,26,32)/t16?,17-,19?/m1/s1. The quantitative estimate of drug-likeness (QED) is 0.398. The molecule has 3 aliphatic rings. The molecule has 0 aliphatic carbocycles. The van der Waals surface area contributed by atoms with Gasteiger partial charge in [-0.15, -0.1) is 0 Å². The van der Waals surface area contributed by atoms with E-state index in [1.54, 1.807) is 6.92 Å². The van der Waals surface area contributed by atoms with Crippen LogP contribution in [0.2, 0.25) is 5.82 Å². The fourth-order valence-corrected chi connectivity index (χ4v) is 5.00. The van der Waals surface area contributed by atoms with E-state index in [9.17, 15) is 24.2 Å². The Morgan fingerprint density at radius 2 is 2.09 bits per heavy atom. The molecule has 34 heavy (non-hydrogen) atoms. The molecule has 2 fully saturated rings. The van der Waals surface area contributed by atoms with Gasteiger partial charge in [-0.2, -0.15) is 0 Å². The summed E-state index contributed by atoms with van der Waals surface area (Å²) in [5.74, 6) is -1.77. The number of likely N-dealkylation sites (N-methyl/N-ethyl adjacent to an activating group) is 1. The van der Waals surface area contributed by atoms with Crippen molar-refractivity contribution in [2.24, 2.45) is 5.92 Å². The number of hydrogen-bond acceptors (Lipinski definition) is 7. The number of nitrogens with zero attached hydrogens (tertiary/aromatic N) is 2. The molecule has 0 aromatic heterocycles. The van der Waals surface area contributed by atoms with Crippen molar-refractivity contribution in [1.29, 1.82) is 0 Å². The van der Waals surface area contributed by atoms with Gasteiger partial charge in [0.15, 0.2) is 5.78 Å². The van der Waals surface area contributed by atoms with E-state index >= 15 is 0 Å². The Hall–Kier alpha value is -2.92. The first-order valence-electron chi connectivity index (χ1n) is 11.9. The van der Waals surface area contributed by atoms with Gasteiger partial charge in [0, 0.05) is 38.4 Å². The van der Waals surface area contributed by atoms with E-state index in [4.69, 9.17) is 4.65 Å². The van der Waals surface area contributed by atoms with Gasteiger partial charge in [-0.05, 0) is 50.3 Å². The van der Waals surface area contributed by atoms with Gasteiger partial charge in [0.2, 0.25) is 0 Å². The topological polar surface area (TPSA) is 128 Å². The fourth-order valence-electron chi connectivity index (χ4n) is 5.00. The molecule has 10 nitrogen and oxygen atoms in total. The van der Waals surface area contributed by atoms with Gasteiger partial charge in [0.25, 0.3) is 0 Å². The molecule has 4 amide bonds. The third-order valence-electron chi connectivity index (χ3n) is 7.01. The average Bonchev–Trinajstić information content (AvgIpc) is 3.35. The van der Waals surface area contributed by atoms with Crippen LogP contribution in [0.1, 0.15) is 30.9 Å². The summed E-state index contributed by atoms with van der Waals surface area (Å²) >= 11 is 0. The van der Waals surface area contributed by atoms with Crippen LogP contribution in [0.3, 0.4) is 0 Å². The van der Waals surface area contributed by atoms with Gasteiger partial charge >= 0.3 is 25.0 Å². The third-order valence-corrected chi connectivity index (χ3v) is 7.01. The number of para-hydroxylation sites is 1. The second kappa shape index (κ2) is 10.1.